The zero-order valence-corrected chi connectivity index (χ0v) is 21.0. The fourth-order valence-electron chi connectivity index (χ4n) is 9.11. The largest absolute Gasteiger partial charge is 0.393 e. The van der Waals surface area contributed by atoms with Crippen molar-refractivity contribution in [1.82, 2.24) is 0 Å². The van der Waals surface area contributed by atoms with E-state index in [4.69, 9.17) is 0 Å². The van der Waals surface area contributed by atoms with Gasteiger partial charge in [0, 0.05) is 0 Å². The fraction of sp³-hybridized carbons (Fsp3) is 0.931. The van der Waals surface area contributed by atoms with Crippen LogP contribution < -0.4 is 0 Å². The summed E-state index contributed by atoms with van der Waals surface area (Å²) in [5, 5.41) is 10.3. The van der Waals surface area contributed by atoms with Crippen molar-refractivity contribution in [3.05, 3.63) is 11.1 Å². The molecule has 0 aromatic rings. The zero-order valence-electron chi connectivity index (χ0n) is 21.0. The minimum absolute atomic E-state index is 0.0272. The van der Waals surface area contributed by atoms with Crippen LogP contribution in [-0.4, -0.2) is 11.2 Å². The molecule has 0 aliphatic heterocycles. The van der Waals surface area contributed by atoms with Crippen molar-refractivity contribution in [3.63, 3.8) is 0 Å². The van der Waals surface area contributed by atoms with Crippen LogP contribution in [-0.2, 0) is 0 Å². The van der Waals surface area contributed by atoms with Gasteiger partial charge in [-0.05, 0) is 111 Å². The van der Waals surface area contributed by atoms with E-state index in [1.54, 1.807) is 0 Å². The van der Waals surface area contributed by atoms with Gasteiger partial charge < -0.3 is 5.11 Å². The molecule has 1 heteroatoms. The molecule has 0 radical (unpaired) electrons. The Labute approximate surface area is 187 Å². The van der Waals surface area contributed by atoms with Gasteiger partial charge in [-0.2, -0.15) is 0 Å². The standard InChI is InChI=1S/C29H50O/c1-7-21(19(2)3)9-8-20(4)25-12-13-26-24-11-10-22-18-23(30)14-16-28(22,5)27(24)15-17-29(25,26)6/h19-23,25,27,30H,7-18H2,1-6H3/t20-,21-,22+,23+,25-,27+,28+,29-/m1/s1. The second-order valence-electron chi connectivity index (χ2n) is 12.8. The van der Waals surface area contributed by atoms with Crippen molar-refractivity contribution < 1.29 is 5.11 Å². The van der Waals surface area contributed by atoms with Crippen LogP contribution in [0.1, 0.15) is 119 Å². The van der Waals surface area contributed by atoms with Crippen LogP contribution in [0.5, 0.6) is 0 Å². The van der Waals surface area contributed by atoms with Gasteiger partial charge in [0.05, 0.1) is 6.10 Å². The average molecular weight is 415 g/mol. The van der Waals surface area contributed by atoms with Crippen molar-refractivity contribution in [1.29, 1.82) is 0 Å². The van der Waals surface area contributed by atoms with E-state index in [0.29, 0.717) is 10.8 Å². The van der Waals surface area contributed by atoms with Crippen LogP contribution in [0.2, 0.25) is 0 Å². The highest BCUT2D eigenvalue weighted by Crippen LogP contribution is 2.65. The number of fused-ring (bicyclic) bond motifs is 4. The maximum absolute atomic E-state index is 10.3. The first-order valence-electron chi connectivity index (χ1n) is 13.6. The normalized spacial score (nSPS) is 43.2. The predicted octanol–water partition coefficient (Wildman–Crippen LogP) is 8.17. The lowest BCUT2D eigenvalue weighted by Crippen LogP contribution is -2.48. The van der Waals surface area contributed by atoms with Gasteiger partial charge >= 0.3 is 0 Å². The van der Waals surface area contributed by atoms with E-state index < -0.39 is 0 Å². The van der Waals surface area contributed by atoms with Crippen molar-refractivity contribution in [3.8, 4) is 0 Å². The summed E-state index contributed by atoms with van der Waals surface area (Å²) in [5.74, 6) is 5.11. The molecule has 0 aromatic carbocycles. The quantitative estimate of drug-likeness (QED) is 0.434. The Morgan fingerprint density at radius 3 is 2.43 bits per heavy atom. The van der Waals surface area contributed by atoms with E-state index in [1.165, 1.54) is 64.2 Å². The summed E-state index contributed by atoms with van der Waals surface area (Å²) >= 11 is 0. The predicted molar refractivity (Wildman–Crippen MR) is 128 cm³/mol. The summed E-state index contributed by atoms with van der Waals surface area (Å²) in [6.45, 7) is 15.1. The molecule has 3 saturated carbocycles. The van der Waals surface area contributed by atoms with Crippen molar-refractivity contribution in [2.24, 2.45) is 46.3 Å². The molecule has 0 bridgehead atoms. The Morgan fingerprint density at radius 2 is 1.73 bits per heavy atom. The Morgan fingerprint density at radius 1 is 0.967 bits per heavy atom. The molecule has 30 heavy (non-hydrogen) atoms. The molecule has 0 heterocycles. The number of hydrogen-bond acceptors (Lipinski definition) is 1. The third-order valence-corrected chi connectivity index (χ3v) is 11.2. The summed E-state index contributed by atoms with van der Waals surface area (Å²) in [7, 11) is 0. The van der Waals surface area contributed by atoms with Crippen LogP contribution in [0.15, 0.2) is 11.1 Å². The lowest BCUT2D eigenvalue weighted by atomic mass is 9.49. The molecule has 0 aromatic heterocycles. The molecule has 0 spiro atoms. The SMILES string of the molecule is CC[C@H](CC[C@@H](C)[C@H]1CCC2=C3CC[C@H]4C[C@@H](O)CC[C@]4(C)[C@H]3CC[C@@]21C)C(C)C. The van der Waals surface area contributed by atoms with Crippen molar-refractivity contribution >= 4 is 0 Å². The molecule has 0 unspecified atom stereocenters. The third kappa shape index (κ3) is 3.74. The average Bonchev–Trinajstić information content (AvgIpc) is 3.06. The van der Waals surface area contributed by atoms with E-state index in [2.05, 4.69) is 41.5 Å². The van der Waals surface area contributed by atoms with Crippen molar-refractivity contribution in [2.45, 2.75) is 125 Å². The van der Waals surface area contributed by atoms with Crippen LogP contribution in [0.25, 0.3) is 0 Å². The number of aliphatic hydroxyl groups excluding tert-OH is 1. The number of aliphatic hydroxyl groups is 1. The maximum Gasteiger partial charge on any atom is 0.0543 e. The van der Waals surface area contributed by atoms with E-state index >= 15 is 0 Å². The molecule has 0 amide bonds. The van der Waals surface area contributed by atoms with Gasteiger partial charge in [-0.1, -0.05) is 65.5 Å². The van der Waals surface area contributed by atoms with Gasteiger partial charge in [-0.25, -0.2) is 0 Å². The number of hydrogen-bond donors (Lipinski definition) is 1. The molecule has 4 aliphatic carbocycles. The summed E-state index contributed by atoms with van der Waals surface area (Å²) in [6, 6.07) is 0. The van der Waals surface area contributed by atoms with E-state index in [0.717, 1.165) is 48.3 Å². The highest BCUT2D eigenvalue weighted by Gasteiger charge is 2.55. The third-order valence-electron chi connectivity index (χ3n) is 11.2. The Hall–Kier alpha value is -0.300. The molecule has 3 fully saturated rings. The Kier molecular flexibility index (Phi) is 6.53. The number of allylic oxidation sites excluding steroid dienone is 2. The first kappa shape index (κ1) is 22.9. The number of rotatable bonds is 6. The van der Waals surface area contributed by atoms with Crippen molar-refractivity contribution in [2.75, 3.05) is 0 Å². The van der Waals surface area contributed by atoms with Gasteiger partial charge in [0.2, 0.25) is 0 Å². The summed E-state index contributed by atoms with van der Waals surface area (Å²) in [5.41, 5.74) is 4.80. The van der Waals surface area contributed by atoms with Gasteiger partial charge in [0.25, 0.3) is 0 Å². The molecule has 1 nitrogen and oxygen atoms in total. The molecule has 1 N–H and O–H groups in total. The first-order valence-corrected chi connectivity index (χ1v) is 13.6. The van der Waals surface area contributed by atoms with Gasteiger partial charge in [-0.3, -0.25) is 0 Å². The maximum atomic E-state index is 10.3. The lowest BCUT2D eigenvalue weighted by Gasteiger charge is -2.56. The summed E-state index contributed by atoms with van der Waals surface area (Å²) in [6.07, 6.45) is 15.9. The van der Waals surface area contributed by atoms with Gasteiger partial charge in [0.1, 0.15) is 0 Å². The van der Waals surface area contributed by atoms with E-state index in [-0.39, 0.29) is 6.10 Å². The van der Waals surface area contributed by atoms with Gasteiger partial charge in [0.15, 0.2) is 0 Å². The van der Waals surface area contributed by atoms with Crippen LogP contribution >= 0.6 is 0 Å². The lowest BCUT2D eigenvalue weighted by molar-refractivity contribution is -0.0381. The van der Waals surface area contributed by atoms with Gasteiger partial charge in [-0.15, -0.1) is 0 Å². The topological polar surface area (TPSA) is 20.2 Å². The Bertz CT molecular complexity index is 647. The second kappa shape index (κ2) is 8.57. The second-order valence-corrected chi connectivity index (χ2v) is 12.8. The molecule has 4 aliphatic rings. The molecular formula is C29H50O. The van der Waals surface area contributed by atoms with E-state index in [1.807, 2.05) is 11.1 Å². The highest BCUT2D eigenvalue weighted by molar-refractivity contribution is 5.34. The minimum atomic E-state index is -0.0272. The highest BCUT2D eigenvalue weighted by atomic mass is 16.3. The smallest absolute Gasteiger partial charge is 0.0543 e. The molecular weight excluding hydrogens is 364 g/mol. The zero-order chi connectivity index (χ0) is 21.7. The monoisotopic (exact) mass is 414 g/mol. The van der Waals surface area contributed by atoms with Crippen LogP contribution in [0.3, 0.4) is 0 Å². The van der Waals surface area contributed by atoms with Crippen LogP contribution in [0.4, 0.5) is 0 Å². The summed E-state index contributed by atoms with van der Waals surface area (Å²) < 4.78 is 0. The molecule has 4 rings (SSSR count). The minimum Gasteiger partial charge on any atom is -0.393 e. The first-order chi connectivity index (χ1) is 14.2. The summed E-state index contributed by atoms with van der Waals surface area (Å²) in [4.78, 5) is 0. The van der Waals surface area contributed by atoms with Crippen LogP contribution in [0, 0.1) is 46.3 Å². The molecule has 8 atom stereocenters. The van der Waals surface area contributed by atoms with E-state index in [9.17, 15) is 5.11 Å². The Balaban J connectivity index is 1.52. The fourth-order valence-corrected chi connectivity index (χ4v) is 9.11. The molecule has 0 saturated heterocycles. The molecule has 172 valence electrons.